The summed E-state index contributed by atoms with van der Waals surface area (Å²) in [6, 6.07) is 11.2. The number of benzene rings is 2. The maximum absolute atomic E-state index is 13.2. The molecule has 1 unspecified atom stereocenters. The van der Waals surface area contributed by atoms with Crippen LogP contribution in [0.15, 0.2) is 53.7 Å². The zero-order chi connectivity index (χ0) is 20.7. The van der Waals surface area contributed by atoms with Gasteiger partial charge in [0.2, 0.25) is 5.91 Å². The first-order chi connectivity index (χ1) is 13.9. The maximum Gasteiger partial charge on any atom is 0.293 e. The second kappa shape index (κ2) is 7.61. The van der Waals surface area contributed by atoms with E-state index >= 15 is 0 Å². The molecule has 0 spiro atoms. The molecule has 0 saturated heterocycles. The van der Waals surface area contributed by atoms with Crippen molar-refractivity contribution in [3.05, 3.63) is 79.5 Å². The molecule has 0 aromatic heterocycles. The summed E-state index contributed by atoms with van der Waals surface area (Å²) < 4.78 is 0. The normalized spacial score (nSPS) is 19.4. The Hall–Kier alpha value is -2.70. The number of para-hydroxylation sites is 2. The highest BCUT2D eigenvalue weighted by Crippen LogP contribution is 2.47. The van der Waals surface area contributed by atoms with Crippen LogP contribution >= 0.6 is 23.2 Å². The Morgan fingerprint density at radius 1 is 1.03 bits per heavy atom. The third kappa shape index (κ3) is 3.32. The quantitative estimate of drug-likeness (QED) is 0.480. The summed E-state index contributed by atoms with van der Waals surface area (Å²) >= 11 is 12.6. The van der Waals surface area contributed by atoms with Gasteiger partial charge < -0.3 is 0 Å². The van der Waals surface area contributed by atoms with Crippen LogP contribution in [0.1, 0.15) is 37.2 Å². The van der Waals surface area contributed by atoms with Gasteiger partial charge in [-0.2, -0.15) is 0 Å². The Labute approximate surface area is 176 Å². The molecule has 1 aliphatic carbocycles. The summed E-state index contributed by atoms with van der Waals surface area (Å²) in [6.07, 6.45) is 1.41. The number of nitrogens with zero attached hydrogens (tertiary/aromatic N) is 2. The number of halogens is 2. The zero-order valence-electron chi connectivity index (χ0n) is 15.2. The van der Waals surface area contributed by atoms with E-state index in [9.17, 15) is 19.7 Å². The molecule has 1 amide bonds. The number of hydrogen-bond donors (Lipinski definition) is 0. The van der Waals surface area contributed by atoms with Crippen LogP contribution in [0, 0.1) is 10.1 Å². The molecule has 8 heteroatoms. The van der Waals surface area contributed by atoms with Gasteiger partial charge in [-0.1, -0.05) is 47.5 Å². The average Bonchev–Trinajstić information content (AvgIpc) is 2.69. The van der Waals surface area contributed by atoms with E-state index in [1.807, 2.05) is 0 Å². The van der Waals surface area contributed by atoms with Gasteiger partial charge in [-0.15, -0.1) is 0 Å². The predicted octanol–water partition coefficient (Wildman–Crippen LogP) is 5.43. The Morgan fingerprint density at radius 2 is 1.79 bits per heavy atom. The molecule has 2 aromatic carbocycles. The number of nitro benzene ring substituents is 1. The van der Waals surface area contributed by atoms with Crippen LogP contribution in [0.5, 0.6) is 0 Å². The molecule has 4 rings (SSSR count). The lowest BCUT2D eigenvalue weighted by molar-refractivity contribution is -0.384. The monoisotopic (exact) mass is 430 g/mol. The van der Waals surface area contributed by atoms with Gasteiger partial charge in [0.15, 0.2) is 5.78 Å². The van der Waals surface area contributed by atoms with E-state index in [1.165, 1.54) is 17.0 Å². The van der Waals surface area contributed by atoms with Gasteiger partial charge in [-0.25, -0.2) is 0 Å². The molecule has 29 heavy (non-hydrogen) atoms. The third-order valence-electron chi connectivity index (χ3n) is 5.35. The van der Waals surface area contributed by atoms with Crippen molar-refractivity contribution < 1.29 is 14.5 Å². The van der Waals surface area contributed by atoms with E-state index < -0.39 is 10.8 Å². The van der Waals surface area contributed by atoms with Crippen LogP contribution in [0.2, 0.25) is 10.0 Å². The van der Waals surface area contributed by atoms with Gasteiger partial charge in [0, 0.05) is 36.1 Å². The summed E-state index contributed by atoms with van der Waals surface area (Å²) in [5.41, 5.74) is 1.65. The lowest BCUT2D eigenvalue weighted by Gasteiger charge is -2.38. The van der Waals surface area contributed by atoms with Crippen LogP contribution in [0.4, 0.5) is 11.4 Å². The fraction of sp³-hybridized carbons (Fsp3) is 0.238. The summed E-state index contributed by atoms with van der Waals surface area (Å²) in [4.78, 5) is 38.4. The number of allylic oxidation sites excluding steroid dienone is 2. The number of carbonyl (C=O) groups is 2. The van der Waals surface area contributed by atoms with Crippen LogP contribution in [-0.4, -0.2) is 16.6 Å². The minimum absolute atomic E-state index is 0.0172. The first kappa shape index (κ1) is 19.6. The van der Waals surface area contributed by atoms with Crippen molar-refractivity contribution in [2.75, 3.05) is 4.90 Å². The van der Waals surface area contributed by atoms with Crippen LogP contribution in [0.3, 0.4) is 0 Å². The number of amides is 1. The van der Waals surface area contributed by atoms with E-state index in [0.717, 1.165) is 0 Å². The van der Waals surface area contributed by atoms with Crippen LogP contribution in [0.25, 0.3) is 0 Å². The standard InChI is InChI=1S/C21H16Cl2N2O4/c22-14-6-3-5-12(21(14)23)13-11-19(27)24(17-9-4-10-18(26)20(13)17)15-7-1-2-8-16(15)25(28)29/h1-3,5-8,13H,4,9-11H2. The minimum atomic E-state index is -0.520. The second-order valence-electron chi connectivity index (χ2n) is 7.01. The maximum atomic E-state index is 13.2. The number of anilines is 1. The Balaban J connectivity index is 1.93. The van der Waals surface area contributed by atoms with Crippen LogP contribution in [-0.2, 0) is 9.59 Å². The van der Waals surface area contributed by atoms with E-state index in [0.29, 0.717) is 46.1 Å². The second-order valence-corrected chi connectivity index (χ2v) is 7.80. The Kier molecular flexibility index (Phi) is 5.15. The molecule has 0 saturated carbocycles. The molecular formula is C21H16Cl2N2O4. The van der Waals surface area contributed by atoms with Crippen molar-refractivity contribution in [2.45, 2.75) is 31.6 Å². The highest BCUT2D eigenvalue weighted by atomic mass is 35.5. The lowest BCUT2D eigenvalue weighted by Crippen LogP contribution is -2.40. The molecule has 0 fully saturated rings. The fourth-order valence-electron chi connectivity index (χ4n) is 4.14. The van der Waals surface area contributed by atoms with Crippen LogP contribution < -0.4 is 4.90 Å². The van der Waals surface area contributed by atoms with E-state index in [-0.39, 0.29) is 29.5 Å². The largest absolute Gasteiger partial charge is 0.294 e. The number of rotatable bonds is 3. The van der Waals surface area contributed by atoms with Gasteiger partial charge >= 0.3 is 0 Å². The summed E-state index contributed by atoms with van der Waals surface area (Å²) in [5.74, 6) is -0.896. The summed E-state index contributed by atoms with van der Waals surface area (Å²) in [5, 5.41) is 12.2. The van der Waals surface area contributed by atoms with Gasteiger partial charge in [0.1, 0.15) is 5.69 Å². The molecule has 2 aliphatic rings. The van der Waals surface area contributed by atoms with E-state index in [2.05, 4.69) is 0 Å². The predicted molar refractivity (Wildman–Crippen MR) is 110 cm³/mol. The van der Waals surface area contributed by atoms with Crippen molar-refractivity contribution in [3.8, 4) is 0 Å². The molecule has 0 N–H and O–H groups in total. The highest BCUT2D eigenvalue weighted by Gasteiger charge is 2.42. The first-order valence-corrected chi connectivity index (χ1v) is 9.92. The molecule has 148 valence electrons. The molecule has 1 atom stereocenters. The molecule has 0 radical (unpaired) electrons. The highest BCUT2D eigenvalue weighted by molar-refractivity contribution is 6.42. The summed E-state index contributed by atoms with van der Waals surface area (Å²) in [6.45, 7) is 0. The molecule has 1 aliphatic heterocycles. The molecule has 2 aromatic rings. The molecular weight excluding hydrogens is 415 g/mol. The summed E-state index contributed by atoms with van der Waals surface area (Å²) in [7, 11) is 0. The SMILES string of the molecule is O=C1CCCC2=C1C(c1cccc(Cl)c1Cl)CC(=O)N2c1ccccc1[N+](=O)[O-]. The van der Waals surface area contributed by atoms with E-state index in [4.69, 9.17) is 23.2 Å². The van der Waals surface area contributed by atoms with Crippen molar-refractivity contribution in [1.82, 2.24) is 0 Å². The molecule has 6 nitrogen and oxygen atoms in total. The zero-order valence-corrected chi connectivity index (χ0v) is 16.7. The lowest BCUT2D eigenvalue weighted by atomic mass is 9.77. The number of Topliss-reactive ketones (excluding diaryl/α,β-unsaturated/α-hetero) is 1. The smallest absolute Gasteiger partial charge is 0.293 e. The number of carbonyl (C=O) groups excluding carboxylic acids is 2. The third-order valence-corrected chi connectivity index (χ3v) is 6.18. The van der Waals surface area contributed by atoms with Gasteiger partial charge in [-0.3, -0.25) is 24.6 Å². The number of nitro groups is 1. The first-order valence-electron chi connectivity index (χ1n) is 9.16. The fourth-order valence-corrected chi connectivity index (χ4v) is 4.57. The Morgan fingerprint density at radius 3 is 2.55 bits per heavy atom. The molecule has 0 bridgehead atoms. The topological polar surface area (TPSA) is 80.5 Å². The van der Waals surface area contributed by atoms with Crippen molar-refractivity contribution in [3.63, 3.8) is 0 Å². The minimum Gasteiger partial charge on any atom is -0.294 e. The molecule has 1 heterocycles. The average molecular weight is 431 g/mol. The number of ketones is 1. The van der Waals surface area contributed by atoms with Gasteiger partial charge in [-0.05, 0) is 30.5 Å². The van der Waals surface area contributed by atoms with Gasteiger partial charge in [0.25, 0.3) is 5.69 Å². The van der Waals surface area contributed by atoms with Crippen molar-refractivity contribution >= 4 is 46.3 Å². The van der Waals surface area contributed by atoms with E-state index in [1.54, 1.807) is 30.3 Å². The van der Waals surface area contributed by atoms with Crippen molar-refractivity contribution in [2.24, 2.45) is 0 Å². The Bertz CT molecular complexity index is 1080. The van der Waals surface area contributed by atoms with Gasteiger partial charge in [0.05, 0.1) is 15.0 Å². The van der Waals surface area contributed by atoms with Crippen molar-refractivity contribution in [1.29, 1.82) is 0 Å². The number of hydrogen-bond acceptors (Lipinski definition) is 4.